The fourth-order valence-corrected chi connectivity index (χ4v) is 2.61. The van der Waals surface area contributed by atoms with Crippen molar-refractivity contribution in [3.63, 3.8) is 0 Å². The highest BCUT2D eigenvalue weighted by atomic mass is 127. The number of aryl methyl sites for hydroxylation is 2. The minimum atomic E-state index is -0.981. The summed E-state index contributed by atoms with van der Waals surface area (Å²) in [6.07, 6.45) is 0. The van der Waals surface area contributed by atoms with E-state index in [1.807, 2.05) is 6.07 Å². The Morgan fingerprint density at radius 2 is 1.74 bits per heavy atom. The van der Waals surface area contributed by atoms with Gasteiger partial charge < -0.3 is 9.67 Å². The van der Waals surface area contributed by atoms with Crippen molar-refractivity contribution in [2.24, 2.45) is 0 Å². The fourth-order valence-electron chi connectivity index (χ4n) is 2.12. The summed E-state index contributed by atoms with van der Waals surface area (Å²) in [5, 5.41) is 9.31. The van der Waals surface area contributed by atoms with Gasteiger partial charge in [0.05, 0.1) is 11.3 Å². The summed E-state index contributed by atoms with van der Waals surface area (Å²) in [5.41, 5.74) is 2.15. The van der Waals surface area contributed by atoms with E-state index < -0.39 is 5.97 Å². The molecule has 0 unspecified atom stereocenters. The molecule has 1 aromatic heterocycles. The molecule has 2 rings (SSSR count). The summed E-state index contributed by atoms with van der Waals surface area (Å²) in [6.45, 7) is 3.58. The highest BCUT2D eigenvalue weighted by Crippen LogP contribution is 2.21. The van der Waals surface area contributed by atoms with E-state index in [4.69, 9.17) is 0 Å². The van der Waals surface area contributed by atoms with Crippen molar-refractivity contribution in [3.05, 3.63) is 61.1 Å². The number of hydrogen-bond donors (Lipinski definition) is 1. The second kappa shape index (κ2) is 5.16. The third-order valence-electron chi connectivity index (χ3n) is 2.84. The second-order valence-electron chi connectivity index (χ2n) is 4.28. The molecule has 98 valence electrons. The third-order valence-corrected chi connectivity index (χ3v) is 3.51. The number of carbonyl (C=O) groups is 1. The maximum absolute atomic E-state index is 11.4. The lowest BCUT2D eigenvalue weighted by atomic mass is 10.1. The molecular weight excluding hydrogens is 357 g/mol. The molecule has 0 saturated heterocycles. The Hall–Kier alpha value is -1.63. The number of pyridine rings is 1. The van der Waals surface area contributed by atoms with Crippen LogP contribution in [0.25, 0.3) is 5.69 Å². The van der Waals surface area contributed by atoms with Crippen LogP contribution >= 0.6 is 22.6 Å². The van der Waals surface area contributed by atoms with E-state index in [1.54, 1.807) is 30.5 Å². The van der Waals surface area contributed by atoms with Crippen LogP contribution in [0.15, 0.2) is 35.1 Å². The van der Waals surface area contributed by atoms with Crippen LogP contribution in [0.2, 0.25) is 0 Å². The molecule has 0 aliphatic carbocycles. The molecule has 5 heteroatoms. The fraction of sp³-hybridized carbons (Fsp3) is 0.143. The van der Waals surface area contributed by atoms with Crippen LogP contribution in [0.5, 0.6) is 0 Å². The van der Waals surface area contributed by atoms with E-state index in [0.29, 0.717) is 17.1 Å². The molecule has 19 heavy (non-hydrogen) atoms. The number of carboxylic acids is 1. The maximum Gasteiger partial charge on any atom is 0.337 e. The van der Waals surface area contributed by atoms with E-state index in [-0.39, 0.29) is 11.0 Å². The Morgan fingerprint density at radius 1 is 1.16 bits per heavy atom. The van der Waals surface area contributed by atoms with Gasteiger partial charge in [-0.15, -0.1) is 0 Å². The molecule has 1 heterocycles. The van der Waals surface area contributed by atoms with Gasteiger partial charge in [-0.3, -0.25) is 4.79 Å². The number of benzene rings is 1. The quantitative estimate of drug-likeness (QED) is 0.829. The van der Waals surface area contributed by atoms with Gasteiger partial charge in [-0.05, 0) is 54.6 Å². The van der Waals surface area contributed by atoms with Crippen LogP contribution in [0.1, 0.15) is 21.7 Å². The van der Waals surface area contributed by atoms with Gasteiger partial charge in [-0.2, -0.15) is 0 Å². The Balaban J connectivity index is 2.79. The predicted octanol–water partition coefficient (Wildman–Crippen LogP) is 2.76. The molecule has 0 radical (unpaired) electrons. The predicted molar refractivity (Wildman–Crippen MR) is 81.2 cm³/mol. The smallest absolute Gasteiger partial charge is 0.337 e. The van der Waals surface area contributed by atoms with Crippen LogP contribution in [-0.4, -0.2) is 15.6 Å². The molecule has 0 atom stereocenters. The Kier molecular flexibility index (Phi) is 3.75. The van der Waals surface area contributed by atoms with Crippen LogP contribution < -0.4 is 5.43 Å². The van der Waals surface area contributed by atoms with Crippen LogP contribution in [0.3, 0.4) is 0 Å². The van der Waals surface area contributed by atoms with Gasteiger partial charge in [0.15, 0.2) is 5.43 Å². The first kappa shape index (κ1) is 13.8. The summed E-state index contributed by atoms with van der Waals surface area (Å²) in [4.78, 5) is 22.8. The van der Waals surface area contributed by atoms with Crippen molar-refractivity contribution in [3.8, 4) is 5.69 Å². The molecule has 0 aliphatic heterocycles. The number of aromatic carboxylic acids is 1. The highest BCUT2D eigenvalue weighted by molar-refractivity contribution is 14.1. The Morgan fingerprint density at radius 3 is 2.26 bits per heavy atom. The first-order chi connectivity index (χ1) is 8.90. The zero-order valence-corrected chi connectivity index (χ0v) is 12.6. The Bertz CT molecular complexity index is 693. The molecule has 2 aromatic rings. The van der Waals surface area contributed by atoms with Gasteiger partial charge in [0.1, 0.15) is 0 Å². The number of halogens is 1. The summed E-state index contributed by atoms with van der Waals surface area (Å²) < 4.78 is 2.64. The molecule has 0 fully saturated rings. The third kappa shape index (κ3) is 2.70. The number of rotatable bonds is 2. The Labute approximate surface area is 123 Å². The van der Waals surface area contributed by atoms with E-state index >= 15 is 0 Å². The molecule has 0 saturated carbocycles. The molecular formula is C14H12INO3. The average molecular weight is 369 g/mol. The summed E-state index contributed by atoms with van der Waals surface area (Å²) in [6, 6.07) is 8.22. The highest BCUT2D eigenvalue weighted by Gasteiger charge is 2.14. The molecule has 1 N–H and O–H groups in total. The second-order valence-corrected chi connectivity index (χ2v) is 5.52. The summed E-state index contributed by atoms with van der Waals surface area (Å²) in [7, 11) is 0. The van der Waals surface area contributed by atoms with Crippen molar-refractivity contribution in [1.82, 2.24) is 4.57 Å². The summed E-state index contributed by atoms with van der Waals surface area (Å²) in [5.74, 6) is -0.981. The monoisotopic (exact) mass is 369 g/mol. The summed E-state index contributed by atoms with van der Waals surface area (Å²) >= 11 is 2.07. The number of carboxylic acid groups (broad SMARTS) is 1. The molecule has 0 bridgehead atoms. The lowest BCUT2D eigenvalue weighted by molar-refractivity contribution is 0.0697. The van der Waals surface area contributed by atoms with Crippen LogP contribution in [0, 0.1) is 17.4 Å². The van der Waals surface area contributed by atoms with Crippen molar-refractivity contribution >= 4 is 28.6 Å². The lowest BCUT2D eigenvalue weighted by Gasteiger charge is -2.16. The molecule has 0 spiro atoms. The number of nitrogens with zero attached hydrogens (tertiary/aromatic N) is 1. The van der Waals surface area contributed by atoms with E-state index in [9.17, 15) is 14.7 Å². The zero-order chi connectivity index (χ0) is 14.2. The van der Waals surface area contributed by atoms with E-state index in [2.05, 4.69) is 22.6 Å². The van der Waals surface area contributed by atoms with Crippen LogP contribution in [0.4, 0.5) is 0 Å². The van der Waals surface area contributed by atoms with Crippen molar-refractivity contribution in [1.29, 1.82) is 0 Å². The lowest BCUT2D eigenvalue weighted by Crippen LogP contribution is -2.14. The minimum absolute atomic E-state index is 0.0753. The van der Waals surface area contributed by atoms with E-state index in [0.717, 1.165) is 3.57 Å². The van der Waals surface area contributed by atoms with E-state index in [1.165, 1.54) is 12.1 Å². The first-order valence-electron chi connectivity index (χ1n) is 5.63. The van der Waals surface area contributed by atoms with Gasteiger partial charge >= 0.3 is 5.97 Å². The van der Waals surface area contributed by atoms with Gasteiger partial charge in [0.25, 0.3) is 0 Å². The largest absolute Gasteiger partial charge is 0.478 e. The topological polar surface area (TPSA) is 59.3 Å². The number of aromatic nitrogens is 1. The standard InChI is InChI=1S/C14H12INO3/c1-8-5-11(17)6-9(2)16(8)13-4-3-10(15)7-12(13)14(18)19/h3-7H,1-2H3,(H,18,19). The van der Waals surface area contributed by atoms with Crippen molar-refractivity contribution in [2.45, 2.75) is 13.8 Å². The average Bonchev–Trinajstić information content (AvgIpc) is 2.29. The molecule has 0 aliphatic rings. The zero-order valence-electron chi connectivity index (χ0n) is 10.5. The van der Waals surface area contributed by atoms with Gasteiger partial charge in [0, 0.05) is 27.1 Å². The van der Waals surface area contributed by atoms with Gasteiger partial charge in [-0.1, -0.05) is 0 Å². The maximum atomic E-state index is 11.4. The SMILES string of the molecule is Cc1cc(=O)cc(C)n1-c1ccc(I)cc1C(=O)O. The van der Waals surface area contributed by atoms with Crippen LogP contribution in [-0.2, 0) is 0 Å². The minimum Gasteiger partial charge on any atom is -0.478 e. The van der Waals surface area contributed by atoms with Crippen molar-refractivity contribution in [2.75, 3.05) is 0 Å². The normalized spacial score (nSPS) is 10.5. The first-order valence-corrected chi connectivity index (χ1v) is 6.71. The van der Waals surface area contributed by atoms with Gasteiger partial charge in [0.2, 0.25) is 0 Å². The van der Waals surface area contributed by atoms with Gasteiger partial charge in [-0.25, -0.2) is 4.79 Å². The van der Waals surface area contributed by atoms with Crippen molar-refractivity contribution < 1.29 is 9.90 Å². The number of hydrogen-bond acceptors (Lipinski definition) is 2. The molecule has 0 amide bonds. The molecule has 1 aromatic carbocycles. The molecule has 4 nitrogen and oxygen atoms in total.